The zero-order valence-corrected chi connectivity index (χ0v) is 15.5. The first-order valence-corrected chi connectivity index (χ1v) is 9.64. The maximum Gasteiger partial charge on any atom is 0.234 e. The normalized spacial score (nSPS) is 11.3. The van der Waals surface area contributed by atoms with E-state index >= 15 is 0 Å². The average molecular weight is 368 g/mol. The molecule has 0 fully saturated rings. The van der Waals surface area contributed by atoms with Crippen molar-refractivity contribution in [3.63, 3.8) is 0 Å². The minimum Gasteiger partial charge on any atom is -0.419 e. The quantitative estimate of drug-likeness (QED) is 0.653. The van der Waals surface area contributed by atoms with E-state index in [0.717, 1.165) is 11.1 Å². The molecule has 0 aliphatic rings. The number of aromatic nitrogens is 1. The number of aryl methyl sites for hydroxylation is 2. The first-order chi connectivity index (χ1) is 12.4. The number of nitrogens with zero attached hydrogens (tertiary/aromatic N) is 1. The molecule has 0 saturated carbocycles. The highest BCUT2D eigenvalue weighted by Gasteiger charge is 2.28. The summed E-state index contributed by atoms with van der Waals surface area (Å²) >= 11 is 0. The van der Waals surface area contributed by atoms with Gasteiger partial charge < -0.3 is 9.73 Å². The lowest BCUT2D eigenvalue weighted by Crippen LogP contribution is -2.07. The molecule has 0 radical (unpaired) electrons. The smallest absolute Gasteiger partial charge is 0.234 e. The van der Waals surface area contributed by atoms with Gasteiger partial charge in [0.05, 0.1) is 4.90 Å². The predicted octanol–water partition coefficient (Wildman–Crippen LogP) is 4.39. The third kappa shape index (κ3) is 3.55. The van der Waals surface area contributed by atoms with Crippen molar-refractivity contribution < 1.29 is 12.8 Å². The molecule has 3 rings (SSSR count). The highest BCUT2D eigenvalue weighted by molar-refractivity contribution is 7.91. The SMILES string of the molecule is C=CCNc1oc(-c2ccc(C)cc2)nc1S(=O)(=O)c1ccc(C)cc1. The van der Waals surface area contributed by atoms with Crippen LogP contribution in [0, 0.1) is 13.8 Å². The Bertz CT molecular complexity index is 1020. The van der Waals surface area contributed by atoms with Crippen LogP contribution in [-0.4, -0.2) is 19.9 Å². The molecule has 26 heavy (non-hydrogen) atoms. The first-order valence-electron chi connectivity index (χ1n) is 8.16. The van der Waals surface area contributed by atoms with Gasteiger partial charge in [0.1, 0.15) is 0 Å². The van der Waals surface area contributed by atoms with Crippen LogP contribution in [0.25, 0.3) is 11.5 Å². The van der Waals surface area contributed by atoms with Crippen molar-refractivity contribution in [3.8, 4) is 11.5 Å². The van der Waals surface area contributed by atoms with E-state index in [1.165, 1.54) is 0 Å². The molecule has 6 heteroatoms. The van der Waals surface area contributed by atoms with Gasteiger partial charge >= 0.3 is 0 Å². The fourth-order valence-corrected chi connectivity index (χ4v) is 3.69. The predicted molar refractivity (Wildman–Crippen MR) is 102 cm³/mol. The van der Waals surface area contributed by atoms with Crippen LogP contribution in [0.3, 0.4) is 0 Å². The van der Waals surface area contributed by atoms with Crippen LogP contribution in [0.4, 0.5) is 5.88 Å². The Morgan fingerprint density at radius 2 is 1.62 bits per heavy atom. The van der Waals surface area contributed by atoms with Crippen molar-refractivity contribution in [2.45, 2.75) is 23.8 Å². The molecule has 0 aliphatic carbocycles. The second kappa shape index (κ2) is 7.17. The van der Waals surface area contributed by atoms with Gasteiger partial charge in [-0.15, -0.1) is 6.58 Å². The van der Waals surface area contributed by atoms with Crippen LogP contribution in [0.1, 0.15) is 11.1 Å². The molecular formula is C20H20N2O3S. The Morgan fingerprint density at radius 3 is 2.19 bits per heavy atom. The Morgan fingerprint density at radius 1 is 1.04 bits per heavy atom. The Balaban J connectivity index is 2.10. The molecule has 5 nitrogen and oxygen atoms in total. The maximum atomic E-state index is 13.0. The largest absolute Gasteiger partial charge is 0.419 e. The zero-order chi connectivity index (χ0) is 18.7. The summed E-state index contributed by atoms with van der Waals surface area (Å²) in [4.78, 5) is 4.46. The molecule has 2 aromatic carbocycles. The van der Waals surface area contributed by atoms with E-state index in [1.54, 1.807) is 30.3 Å². The molecule has 1 N–H and O–H groups in total. The van der Waals surface area contributed by atoms with E-state index in [0.29, 0.717) is 12.1 Å². The third-order valence-electron chi connectivity index (χ3n) is 3.89. The van der Waals surface area contributed by atoms with E-state index in [4.69, 9.17) is 4.42 Å². The number of oxazole rings is 1. The van der Waals surface area contributed by atoms with Gasteiger partial charge in [-0.3, -0.25) is 0 Å². The summed E-state index contributed by atoms with van der Waals surface area (Å²) < 4.78 is 31.8. The monoisotopic (exact) mass is 368 g/mol. The Hall–Kier alpha value is -2.86. The fourth-order valence-electron chi connectivity index (χ4n) is 2.41. The second-order valence-electron chi connectivity index (χ2n) is 6.01. The average Bonchev–Trinajstić information content (AvgIpc) is 3.06. The number of nitrogens with one attached hydrogen (secondary N) is 1. The maximum absolute atomic E-state index is 13.0. The van der Waals surface area contributed by atoms with Gasteiger partial charge in [0.2, 0.25) is 26.6 Å². The number of benzene rings is 2. The first kappa shape index (κ1) is 17.9. The van der Waals surface area contributed by atoms with Crippen LogP contribution in [0.15, 0.2) is 75.5 Å². The lowest BCUT2D eigenvalue weighted by atomic mass is 10.1. The molecule has 1 heterocycles. The molecule has 0 amide bonds. The van der Waals surface area contributed by atoms with Crippen molar-refractivity contribution in [3.05, 3.63) is 72.3 Å². The summed E-state index contributed by atoms with van der Waals surface area (Å²) in [5.41, 5.74) is 2.79. The van der Waals surface area contributed by atoms with Crippen molar-refractivity contribution in [1.82, 2.24) is 4.98 Å². The molecular weight excluding hydrogens is 348 g/mol. The van der Waals surface area contributed by atoms with Crippen LogP contribution in [-0.2, 0) is 9.84 Å². The van der Waals surface area contributed by atoms with Crippen molar-refractivity contribution in [2.24, 2.45) is 0 Å². The topological polar surface area (TPSA) is 72.2 Å². The van der Waals surface area contributed by atoms with Crippen molar-refractivity contribution >= 4 is 15.7 Å². The summed E-state index contributed by atoms with van der Waals surface area (Å²) in [6.45, 7) is 7.87. The van der Waals surface area contributed by atoms with Gasteiger partial charge in [-0.05, 0) is 38.1 Å². The molecule has 134 valence electrons. The number of anilines is 1. The van der Waals surface area contributed by atoms with E-state index in [9.17, 15) is 8.42 Å². The minimum absolute atomic E-state index is 0.112. The van der Waals surface area contributed by atoms with Crippen LogP contribution in [0.2, 0.25) is 0 Å². The Labute approximate surface area is 153 Å². The summed E-state index contributed by atoms with van der Waals surface area (Å²) in [5.74, 6) is 0.364. The summed E-state index contributed by atoms with van der Waals surface area (Å²) in [6.07, 6.45) is 1.62. The van der Waals surface area contributed by atoms with E-state index < -0.39 is 9.84 Å². The molecule has 0 spiro atoms. The van der Waals surface area contributed by atoms with E-state index in [-0.39, 0.29) is 21.7 Å². The molecule has 0 aliphatic heterocycles. The molecule has 0 saturated heterocycles. The zero-order valence-electron chi connectivity index (χ0n) is 14.7. The molecule has 0 atom stereocenters. The van der Waals surface area contributed by atoms with Gasteiger partial charge in [0.15, 0.2) is 0 Å². The Kier molecular flexibility index (Phi) is 4.95. The van der Waals surface area contributed by atoms with E-state index in [1.807, 2.05) is 38.1 Å². The highest BCUT2D eigenvalue weighted by atomic mass is 32.2. The number of hydrogen-bond donors (Lipinski definition) is 1. The van der Waals surface area contributed by atoms with Gasteiger partial charge in [-0.2, -0.15) is 4.98 Å². The number of hydrogen-bond acceptors (Lipinski definition) is 5. The number of sulfone groups is 1. The van der Waals surface area contributed by atoms with Gasteiger partial charge in [0, 0.05) is 12.1 Å². The fraction of sp³-hybridized carbons (Fsp3) is 0.150. The molecule has 3 aromatic rings. The highest BCUT2D eigenvalue weighted by Crippen LogP contribution is 2.32. The van der Waals surface area contributed by atoms with Gasteiger partial charge in [-0.1, -0.05) is 41.5 Å². The molecule has 1 aromatic heterocycles. The van der Waals surface area contributed by atoms with Crippen LogP contribution < -0.4 is 5.32 Å². The molecule has 0 unspecified atom stereocenters. The standard InChI is InChI=1S/C20H20N2O3S/c1-4-13-21-19-20(26(23,24)17-11-7-15(3)8-12-17)22-18(25-19)16-9-5-14(2)6-10-16/h4-12,21H,1,13H2,2-3H3. The van der Waals surface area contributed by atoms with Crippen molar-refractivity contribution in [2.75, 3.05) is 11.9 Å². The summed E-state index contributed by atoms with van der Waals surface area (Å²) in [7, 11) is -3.81. The van der Waals surface area contributed by atoms with Crippen LogP contribution >= 0.6 is 0 Å². The van der Waals surface area contributed by atoms with Crippen LogP contribution in [0.5, 0.6) is 0 Å². The lowest BCUT2D eigenvalue weighted by Gasteiger charge is -2.04. The lowest BCUT2D eigenvalue weighted by molar-refractivity contribution is 0.579. The minimum atomic E-state index is -3.81. The molecule has 0 bridgehead atoms. The van der Waals surface area contributed by atoms with Gasteiger partial charge in [-0.25, -0.2) is 8.42 Å². The summed E-state index contributed by atoms with van der Waals surface area (Å²) in [5, 5.41) is 2.80. The number of rotatable bonds is 6. The summed E-state index contributed by atoms with van der Waals surface area (Å²) in [6, 6.07) is 14.2. The van der Waals surface area contributed by atoms with Gasteiger partial charge in [0.25, 0.3) is 0 Å². The third-order valence-corrected chi connectivity index (χ3v) is 5.57. The van der Waals surface area contributed by atoms with Crippen molar-refractivity contribution in [1.29, 1.82) is 0 Å². The van der Waals surface area contributed by atoms with E-state index in [2.05, 4.69) is 16.9 Å². The second-order valence-corrected chi connectivity index (χ2v) is 7.87.